The molecule has 2 unspecified atom stereocenters. The van der Waals surface area contributed by atoms with E-state index >= 15 is 0 Å². The molecule has 1 N–H and O–H groups in total. The van der Waals surface area contributed by atoms with Crippen LogP contribution in [-0.4, -0.2) is 28.2 Å². The smallest absolute Gasteiger partial charge is 0.224 e. The van der Waals surface area contributed by atoms with Gasteiger partial charge in [-0.1, -0.05) is 12.1 Å². The van der Waals surface area contributed by atoms with Crippen molar-refractivity contribution in [3.8, 4) is 6.07 Å². The third-order valence-corrected chi connectivity index (χ3v) is 3.31. The molecule has 0 saturated heterocycles. The Morgan fingerprint density at radius 1 is 1.44 bits per heavy atom. The van der Waals surface area contributed by atoms with Gasteiger partial charge in [-0.15, -0.1) is 0 Å². The van der Waals surface area contributed by atoms with Crippen LogP contribution in [0.15, 0.2) is 24.3 Å². The number of nitriles is 1. The summed E-state index contributed by atoms with van der Waals surface area (Å²) in [5, 5.41) is 11.4. The van der Waals surface area contributed by atoms with Crippen LogP contribution in [-0.2, 0) is 22.0 Å². The normalized spacial score (nSPS) is 13.4. The number of carbonyl (C=O) groups excluding carboxylic acids is 1. The Hall–Kier alpha value is -1.67. The number of amides is 1. The SMILES string of the molecule is CC(CS(C)=O)NC(=O)Cc1ccc(C#N)cc1. The molecule has 0 aliphatic heterocycles. The van der Waals surface area contributed by atoms with Crippen molar-refractivity contribution in [2.75, 3.05) is 12.0 Å². The van der Waals surface area contributed by atoms with Gasteiger partial charge in [0.2, 0.25) is 5.91 Å². The van der Waals surface area contributed by atoms with Gasteiger partial charge in [0, 0.05) is 28.9 Å². The molecule has 2 atom stereocenters. The first-order valence-corrected chi connectivity index (χ1v) is 7.32. The average Bonchev–Trinajstić information content (AvgIpc) is 2.28. The Bertz CT molecular complexity index is 477. The zero-order valence-electron chi connectivity index (χ0n) is 10.5. The highest BCUT2D eigenvalue weighted by Crippen LogP contribution is 2.04. The Morgan fingerprint density at radius 2 is 2.06 bits per heavy atom. The van der Waals surface area contributed by atoms with Gasteiger partial charge < -0.3 is 5.32 Å². The van der Waals surface area contributed by atoms with Gasteiger partial charge in [0.1, 0.15) is 0 Å². The maximum absolute atomic E-state index is 11.7. The number of rotatable bonds is 5. The largest absolute Gasteiger partial charge is 0.352 e. The third-order valence-electron chi connectivity index (χ3n) is 2.34. The predicted molar refractivity (Wildman–Crippen MR) is 71.4 cm³/mol. The van der Waals surface area contributed by atoms with Gasteiger partial charge in [-0.05, 0) is 24.6 Å². The highest BCUT2D eigenvalue weighted by molar-refractivity contribution is 7.84. The number of carbonyl (C=O) groups is 1. The number of benzene rings is 1. The van der Waals surface area contributed by atoms with Crippen molar-refractivity contribution in [2.45, 2.75) is 19.4 Å². The molecule has 1 aromatic carbocycles. The lowest BCUT2D eigenvalue weighted by molar-refractivity contribution is -0.120. The molecule has 0 aromatic heterocycles. The first kappa shape index (κ1) is 14.4. The molecule has 1 amide bonds. The molecule has 0 aliphatic rings. The summed E-state index contributed by atoms with van der Waals surface area (Å²) in [6, 6.07) is 8.84. The van der Waals surface area contributed by atoms with E-state index in [1.807, 2.05) is 13.0 Å². The minimum Gasteiger partial charge on any atom is -0.352 e. The zero-order valence-corrected chi connectivity index (χ0v) is 11.3. The van der Waals surface area contributed by atoms with E-state index in [-0.39, 0.29) is 18.4 Å². The average molecular weight is 264 g/mol. The molecular formula is C13H16N2O2S. The van der Waals surface area contributed by atoms with Crippen molar-refractivity contribution in [2.24, 2.45) is 0 Å². The molecule has 1 rings (SSSR count). The molecule has 18 heavy (non-hydrogen) atoms. The van der Waals surface area contributed by atoms with Crippen LogP contribution in [0.3, 0.4) is 0 Å². The maximum atomic E-state index is 11.7. The third kappa shape index (κ3) is 5.11. The van der Waals surface area contributed by atoms with Crippen molar-refractivity contribution in [3.05, 3.63) is 35.4 Å². The Balaban J connectivity index is 2.49. The van der Waals surface area contributed by atoms with Gasteiger partial charge in [0.15, 0.2) is 0 Å². The van der Waals surface area contributed by atoms with Gasteiger partial charge in [-0.25, -0.2) is 0 Å². The second kappa shape index (κ2) is 6.92. The van der Waals surface area contributed by atoms with Crippen LogP contribution in [0.4, 0.5) is 0 Å². The molecule has 5 heteroatoms. The van der Waals surface area contributed by atoms with Gasteiger partial charge >= 0.3 is 0 Å². The monoisotopic (exact) mass is 264 g/mol. The van der Waals surface area contributed by atoms with Gasteiger partial charge in [-0.2, -0.15) is 5.26 Å². The van der Waals surface area contributed by atoms with Crippen LogP contribution >= 0.6 is 0 Å². The quantitative estimate of drug-likeness (QED) is 0.862. The maximum Gasteiger partial charge on any atom is 0.224 e. The molecule has 0 heterocycles. The fourth-order valence-electron chi connectivity index (χ4n) is 1.60. The van der Waals surface area contributed by atoms with E-state index < -0.39 is 10.8 Å². The number of nitrogens with one attached hydrogen (secondary N) is 1. The molecule has 0 fully saturated rings. The lowest BCUT2D eigenvalue weighted by Gasteiger charge is -2.12. The molecule has 96 valence electrons. The molecule has 0 bridgehead atoms. The summed E-state index contributed by atoms with van der Waals surface area (Å²) < 4.78 is 11.0. The fourth-order valence-corrected chi connectivity index (χ4v) is 2.39. The first-order valence-electron chi connectivity index (χ1n) is 5.59. The second-order valence-corrected chi connectivity index (χ2v) is 5.67. The summed E-state index contributed by atoms with van der Waals surface area (Å²) in [6.07, 6.45) is 1.88. The summed E-state index contributed by atoms with van der Waals surface area (Å²) in [5.41, 5.74) is 1.44. The highest BCUT2D eigenvalue weighted by Gasteiger charge is 2.09. The standard InChI is InChI=1S/C13H16N2O2S/c1-10(9-18(2)17)15-13(16)7-11-3-5-12(8-14)6-4-11/h3-6,10H,7,9H2,1-2H3,(H,15,16). The molecule has 4 nitrogen and oxygen atoms in total. The van der Waals surface area contributed by atoms with Crippen LogP contribution in [0.1, 0.15) is 18.1 Å². The van der Waals surface area contributed by atoms with Crippen molar-refractivity contribution < 1.29 is 9.00 Å². The first-order chi connectivity index (χ1) is 8.51. The van der Waals surface area contributed by atoms with Gasteiger partial charge in [0.05, 0.1) is 18.1 Å². The van der Waals surface area contributed by atoms with Gasteiger partial charge in [-0.3, -0.25) is 9.00 Å². The van der Waals surface area contributed by atoms with Gasteiger partial charge in [0.25, 0.3) is 0 Å². The van der Waals surface area contributed by atoms with Crippen LogP contribution in [0.5, 0.6) is 0 Å². The van der Waals surface area contributed by atoms with E-state index in [1.165, 1.54) is 0 Å². The van der Waals surface area contributed by atoms with E-state index in [1.54, 1.807) is 30.5 Å². The second-order valence-electron chi connectivity index (χ2n) is 4.19. The highest BCUT2D eigenvalue weighted by atomic mass is 32.2. The Kier molecular flexibility index (Phi) is 5.53. The molecule has 0 aliphatic carbocycles. The van der Waals surface area contributed by atoms with Crippen LogP contribution in [0.25, 0.3) is 0 Å². The van der Waals surface area contributed by atoms with E-state index in [0.717, 1.165) is 5.56 Å². The predicted octanol–water partition coefficient (Wildman–Crippen LogP) is 0.984. The van der Waals surface area contributed by atoms with Crippen molar-refractivity contribution >= 4 is 16.7 Å². The molecule has 0 spiro atoms. The fraction of sp³-hybridized carbons (Fsp3) is 0.385. The summed E-state index contributed by atoms with van der Waals surface area (Å²) in [4.78, 5) is 11.7. The van der Waals surface area contributed by atoms with Crippen molar-refractivity contribution in [3.63, 3.8) is 0 Å². The van der Waals surface area contributed by atoms with Crippen LogP contribution in [0.2, 0.25) is 0 Å². The van der Waals surface area contributed by atoms with E-state index in [2.05, 4.69) is 5.32 Å². The topological polar surface area (TPSA) is 70.0 Å². The minimum absolute atomic E-state index is 0.0956. The Labute approximate surface area is 109 Å². The van der Waals surface area contributed by atoms with Crippen molar-refractivity contribution in [1.29, 1.82) is 5.26 Å². The van der Waals surface area contributed by atoms with E-state index in [0.29, 0.717) is 11.3 Å². The number of hydrogen-bond donors (Lipinski definition) is 1. The van der Waals surface area contributed by atoms with E-state index in [9.17, 15) is 9.00 Å². The lowest BCUT2D eigenvalue weighted by Crippen LogP contribution is -2.37. The molecule has 0 saturated carbocycles. The molecule has 0 radical (unpaired) electrons. The summed E-state index contributed by atoms with van der Waals surface area (Å²) >= 11 is 0. The van der Waals surface area contributed by atoms with E-state index in [4.69, 9.17) is 5.26 Å². The van der Waals surface area contributed by atoms with Crippen molar-refractivity contribution in [1.82, 2.24) is 5.32 Å². The Morgan fingerprint density at radius 3 is 2.56 bits per heavy atom. The number of hydrogen-bond acceptors (Lipinski definition) is 3. The minimum atomic E-state index is -0.914. The number of nitrogens with zero attached hydrogens (tertiary/aromatic N) is 1. The summed E-state index contributed by atoms with van der Waals surface area (Å²) in [6.45, 7) is 1.83. The van der Waals surface area contributed by atoms with Crippen LogP contribution in [0, 0.1) is 11.3 Å². The van der Waals surface area contributed by atoms with Crippen LogP contribution < -0.4 is 5.32 Å². The summed E-state index contributed by atoms with van der Waals surface area (Å²) in [5.74, 6) is 0.358. The molecular weight excluding hydrogens is 248 g/mol. The summed E-state index contributed by atoms with van der Waals surface area (Å²) in [7, 11) is -0.914. The zero-order chi connectivity index (χ0) is 13.5. The molecule has 1 aromatic rings. The lowest BCUT2D eigenvalue weighted by atomic mass is 10.1.